The van der Waals surface area contributed by atoms with Crippen LogP contribution in [0.5, 0.6) is 0 Å². The van der Waals surface area contributed by atoms with Crippen molar-refractivity contribution in [3.63, 3.8) is 0 Å². The lowest BCUT2D eigenvalue weighted by molar-refractivity contribution is -0.135. The molecule has 0 fully saturated rings. The van der Waals surface area contributed by atoms with Crippen molar-refractivity contribution in [2.24, 2.45) is 0 Å². The molecule has 1 heterocycles. The zero-order valence-electron chi connectivity index (χ0n) is 13.1. The van der Waals surface area contributed by atoms with E-state index in [-0.39, 0.29) is 30.6 Å². The molecular weight excluding hydrogens is 375 g/mol. The van der Waals surface area contributed by atoms with Crippen LogP contribution in [0.25, 0.3) is 0 Å². The molecule has 0 saturated carbocycles. The lowest BCUT2D eigenvalue weighted by Gasteiger charge is -2.30. The third kappa shape index (κ3) is 3.19. The molecule has 1 aliphatic heterocycles. The molecule has 0 bridgehead atoms. The number of nitrogens with one attached hydrogen (secondary N) is 1. The van der Waals surface area contributed by atoms with Crippen LogP contribution in [0, 0.1) is 5.82 Å². The summed E-state index contributed by atoms with van der Waals surface area (Å²) in [5.74, 6) is -0.721. The van der Waals surface area contributed by atoms with Crippen LogP contribution in [-0.4, -0.2) is 23.3 Å². The largest absolute Gasteiger partial charge is 0.324 e. The van der Waals surface area contributed by atoms with Crippen molar-refractivity contribution in [1.29, 1.82) is 0 Å². The summed E-state index contributed by atoms with van der Waals surface area (Å²) in [5.41, 5.74) is 2.21. The zero-order valence-corrected chi connectivity index (χ0v) is 14.6. The maximum Gasteiger partial charge on any atom is 0.244 e. The number of carbonyl (C=O) groups is 2. The summed E-state index contributed by atoms with van der Waals surface area (Å²) in [6.07, 6.45) is 0.286. The fourth-order valence-electron chi connectivity index (χ4n) is 2.92. The van der Waals surface area contributed by atoms with Gasteiger partial charge in [0, 0.05) is 22.1 Å². The number of hydrogen-bond donors (Lipinski definition) is 1. The first kappa shape index (κ1) is 16.6. The molecule has 0 radical (unpaired) electrons. The van der Waals surface area contributed by atoms with Gasteiger partial charge < -0.3 is 10.2 Å². The Balaban J connectivity index is 2.20. The summed E-state index contributed by atoms with van der Waals surface area (Å²) < 4.78 is 14.2. The van der Waals surface area contributed by atoms with Gasteiger partial charge in [0.1, 0.15) is 12.4 Å². The Labute approximate surface area is 147 Å². The van der Waals surface area contributed by atoms with Crippen molar-refractivity contribution < 1.29 is 14.0 Å². The minimum absolute atomic E-state index is 0.0407. The van der Waals surface area contributed by atoms with Gasteiger partial charge in [-0.2, -0.15) is 0 Å². The molecule has 1 aliphatic rings. The van der Waals surface area contributed by atoms with Crippen molar-refractivity contribution in [2.75, 3.05) is 11.9 Å². The van der Waals surface area contributed by atoms with Gasteiger partial charge >= 0.3 is 0 Å². The third-order valence-electron chi connectivity index (χ3n) is 4.02. The van der Waals surface area contributed by atoms with E-state index in [4.69, 9.17) is 0 Å². The summed E-state index contributed by atoms with van der Waals surface area (Å²) in [7, 11) is 0. The molecule has 24 heavy (non-hydrogen) atoms. The van der Waals surface area contributed by atoms with E-state index in [1.807, 2.05) is 12.1 Å². The van der Waals surface area contributed by atoms with Crippen molar-refractivity contribution in [2.45, 2.75) is 19.4 Å². The zero-order chi connectivity index (χ0) is 17.3. The van der Waals surface area contributed by atoms with E-state index in [1.165, 1.54) is 12.1 Å². The molecule has 0 saturated heterocycles. The summed E-state index contributed by atoms with van der Waals surface area (Å²) in [5, 5.41) is 2.84. The van der Waals surface area contributed by atoms with Gasteiger partial charge in [0.05, 0.1) is 6.04 Å². The van der Waals surface area contributed by atoms with Gasteiger partial charge in [-0.1, -0.05) is 35.0 Å². The average Bonchev–Trinajstić information content (AvgIpc) is 2.71. The smallest absolute Gasteiger partial charge is 0.244 e. The molecule has 2 amide bonds. The normalized spacial score (nSPS) is 17.0. The van der Waals surface area contributed by atoms with Crippen molar-refractivity contribution in [1.82, 2.24) is 4.90 Å². The summed E-state index contributed by atoms with van der Waals surface area (Å²) in [6.45, 7) is 1.72. The van der Waals surface area contributed by atoms with Crippen molar-refractivity contribution >= 4 is 33.4 Å². The maximum atomic E-state index is 13.3. The quantitative estimate of drug-likeness (QED) is 0.845. The monoisotopic (exact) mass is 390 g/mol. The highest BCUT2D eigenvalue weighted by Gasteiger charge is 2.32. The summed E-state index contributed by atoms with van der Waals surface area (Å²) >= 11 is 3.44. The number of amides is 2. The van der Waals surface area contributed by atoms with E-state index in [0.29, 0.717) is 5.69 Å². The molecule has 0 unspecified atom stereocenters. The first-order valence-corrected chi connectivity index (χ1v) is 8.43. The number of hydrogen-bond acceptors (Lipinski definition) is 2. The molecule has 1 atom stereocenters. The molecule has 2 aromatic carbocycles. The second-order valence-corrected chi connectivity index (χ2v) is 6.52. The van der Waals surface area contributed by atoms with Gasteiger partial charge in [0.25, 0.3) is 0 Å². The maximum absolute atomic E-state index is 13.3. The van der Waals surface area contributed by atoms with E-state index >= 15 is 0 Å². The minimum atomic E-state index is -0.454. The van der Waals surface area contributed by atoms with Crippen LogP contribution >= 0.6 is 15.9 Å². The molecule has 2 aromatic rings. The van der Waals surface area contributed by atoms with Crippen LogP contribution in [0.4, 0.5) is 10.1 Å². The Morgan fingerprint density at radius 1 is 1.29 bits per heavy atom. The molecular formula is C18H16BrFN2O2. The number of rotatable bonds is 2. The summed E-state index contributed by atoms with van der Waals surface area (Å²) in [4.78, 5) is 26.2. The lowest BCUT2D eigenvalue weighted by Crippen LogP contribution is -2.38. The Morgan fingerprint density at radius 3 is 2.67 bits per heavy atom. The topological polar surface area (TPSA) is 49.4 Å². The van der Waals surface area contributed by atoms with E-state index in [2.05, 4.69) is 21.2 Å². The number of anilines is 1. The van der Waals surface area contributed by atoms with Gasteiger partial charge in [-0.05, 0) is 35.9 Å². The fourth-order valence-corrected chi connectivity index (χ4v) is 3.30. The van der Waals surface area contributed by atoms with Gasteiger partial charge in [-0.3, -0.25) is 9.59 Å². The third-order valence-corrected chi connectivity index (χ3v) is 4.51. The second kappa shape index (κ2) is 6.73. The van der Waals surface area contributed by atoms with Gasteiger partial charge in [0.15, 0.2) is 0 Å². The lowest BCUT2D eigenvalue weighted by atomic mass is 9.95. The Bertz CT molecular complexity index is 792. The van der Waals surface area contributed by atoms with Crippen molar-refractivity contribution in [3.8, 4) is 0 Å². The molecule has 6 heteroatoms. The Kier molecular flexibility index (Phi) is 4.66. The van der Waals surface area contributed by atoms with Crippen molar-refractivity contribution in [3.05, 3.63) is 63.9 Å². The van der Waals surface area contributed by atoms with Crippen LogP contribution in [0.15, 0.2) is 46.9 Å². The fraction of sp³-hybridized carbons (Fsp3) is 0.222. The highest BCUT2D eigenvalue weighted by molar-refractivity contribution is 9.10. The molecule has 0 aromatic heterocycles. The number of nitrogens with zero attached hydrogens (tertiary/aromatic N) is 1. The Hall–Kier alpha value is -2.21. The first-order valence-electron chi connectivity index (χ1n) is 7.64. The predicted molar refractivity (Wildman–Crippen MR) is 93.0 cm³/mol. The summed E-state index contributed by atoms with van der Waals surface area (Å²) in [6, 6.07) is 11.1. The minimum Gasteiger partial charge on any atom is -0.324 e. The van der Waals surface area contributed by atoms with E-state index in [1.54, 1.807) is 30.0 Å². The number of fused-ring (bicyclic) bond motifs is 1. The number of halogens is 2. The van der Waals surface area contributed by atoms with Crippen LogP contribution in [0.2, 0.25) is 0 Å². The molecule has 0 aliphatic carbocycles. The van der Waals surface area contributed by atoms with Crippen LogP contribution in [-0.2, 0) is 9.59 Å². The Morgan fingerprint density at radius 2 is 2.00 bits per heavy atom. The van der Waals surface area contributed by atoms with E-state index < -0.39 is 6.04 Å². The molecule has 1 N–H and O–H groups in total. The molecule has 124 valence electrons. The predicted octanol–water partition coefficient (Wildman–Crippen LogP) is 3.87. The molecule has 4 nitrogen and oxygen atoms in total. The standard InChI is InChI=1S/C18H16BrFN2O2/c1-2-17(24)22-10-16(23)21-15-8-5-12(19)9-14(15)18(22)11-3-6-13(20)7-4-11/h3-9,18H,2,10H2,1H3,(H,21,23)/t18-/m1/s1. The van der Waals surface area contributed by atoms with E-state index in [0.717, 1.165) is 15.6 Å². The highest BCUT2D eigenvalue weighted by Crippen LogP contribution is 2.37. The van der Waals surface area contributed by atoms with Gasteiger partial charge in [-0.25, -0.2) is 4.39 Å². The average molecular weight is 391 g/mol. The highest BCUT2D eigenvalue weighted by atomic mass is 79.9. The van der Waals surface area contributed by atoms with E-state index in [9.17, 15) is 14.0 Å². The SMILES string of the molecule is CCC(=O)N1CC(=O)Nc2ccc(Br)cc2[C@H]1c1ccc(F)cc1. The second-order valence-electron chi connectivity index (χ2n) is 5.61. The van der Waals surface area contributed by atoms with Crippen LogP contribution < -0.4 is 5.32 Å². The number of benzene rings is 2. The van der Waals surface area contributed by atoms with Crippen LogP contribution in [0.1, 0.15) is 30.5 Å². The van der Waals surface area contributed by atoms with Gasteiger partial charge in [-0.15, -0.1) is 0 Å². The first-order chi connectivity index (χ1) is 11.5. The number of carbonyl (C=O) groups excluding carboxylic acids is 2. The van der Waals surface area contributed by atoms with Crippen LogP contribution in [0.3, 0.4) is 0 Å². The molecule has 3 rings (SSSR count). The van der Waals surface area contributed by atoms with Gasteiger partial charge in [0.2, 0.25) is 11.8 Å². The molecule has 0 spiro atoms.